The average Bonchev–Trinajstić information content (AvgIpc) is 3.27. The van der Waals surface area contributed by atoms with Crippen LogP contribution < -0.4 is 11.0 Å². The minimum absolute atomic E-state index is 0.0543. The molecule has 6 nitrogen and oxygen atoms in total. The molecule has 3 heterocycles. The van der Waals surface area contributed by atoms with Gasteiger partial charge in [-0.05, 0) is 58.9 Å². The van der Waals surface area contributed by atoms with Gasteiger partial charge in [0.2, 0.25) is 5.91 Å². The normalized spacial score (nSPS) is 18.0. The number of aromatic nitrogens is 2. The van der Waals surface area contributed by atoms with Gasteiger partial charge in [-0.15, -0.1) is 11.3 Å². The Hall–Kier alpha value is -1.90. The number of hydrogen-bond donors (Lipinski definition) is 3. The van der Waals surface area contributed by atoms with Gasteiger partial charge in [0.1, 0.15) is 0 Å². The molecular weight excluding hydrogens is 404 g/mol. The highest BCUT2D eigenvalue weighted by Crippen LogP contribution is 2.34. The van der Waals surface area contributed by atoms with Crippen LogP contribution in [-0.2, 0) is 4.79 Å². The highest BCUT2D eigenvalue weighted by Gasteiger charge is 2.28. The molecule has 0 radical (unpaired) electrons. The predicted octanol–water partition coefficient (Wildman–Crippen LogP) is 3.46. The van der Waals surface area contributed by atoms with Crippen molar-refractivity contribution in [3.8, 4) is 0 Å². The van der Waals surface area contributed by atoms with E-state index in [-0.39, 0.29) is 11.6 Å². The Morgan fingerprint density at radius 2 is 2.16 bits per heavy atom. The molecular formula is C17H17BrN4O2S. The van der Waals surface area contributed by atoms with Crippen molar-refractivity contribution in [2.75, 3.05) is 18.4 Å². The van der Waals surface area contributed by atoms with E-state index >= 15 is 0 Å². The van der Waals surface area contributed by atoms with Gasteiger partial charge < -0.3 is 15.3 Å². The summed E-state index contributed by atoms with van der Waals surface area (Å²) in [5.41, 5.74) is 1.76. The number of benzene rings is 1. The summed E-state index contributed by atoms with van der Waals surface area (Å²) >= 11 is 5.19. The van der Waals surface area contributed by atoms with E-state index in [0.717, 1.165) is 23.9 Å². The number of H-pyrrole nitrogens is 2. The first kappa shape index (κ1) is 16.6. The number of carbonyl (C=O) groups excluding carboxylic acids is 1. The number of aromatic amines is 2. The first-order chi connectivity index (χ1) is 12.1. The van der Waals surface area contributed by atoms with Crippen molar-refractivity contribution in [1.29, 1.82) is 0 Å². The molecule has 0 aliphatic carbocycles. The highest BCUT2D eigenvalue weighted by atomic mass is 79.9. The van der Waals surface area contributed by atoms with Crippen molar-refractivity contribution in [2.24, 2.45) is 0 Å². The van der Waals surface area contributed by atoms with Crippen LogP contribution in [0, 0.1) is 0 Å². The maximum absolute atomic E-state index is 12.5. The molecule has 1 fully saturated rings. The van der Waals surface area contributed by atoms with Gasteiger partial charge in [0.15, 0.2) is 0 Å². The van der Waals surface area contributed by atoms with Crippen molar-refractivity contribution in [1.82, 2.24) is 14.9 Å². The Morgan fingerprint density at radius 3 is 2.92 bits per heavy atom. The highest BCUT2D eigenvalue weighted by molar-refractivity contribution is 9.10. The molecule has 0 saturated carbocycles. The lowest BCUT2D eigenvalue weighted by molar-refractivity contribution is -0.117. The number of carbonyl (C=O) groups is 1. The van der Waals surface area contributed by atoms with Crippen LogP contribution in [0.3, 0.4) is 0 Å². The molecule has 4 rings (SSSR count). The summed E-state index contributed by atoms with van der Waals surface area (Å²) in [6, 6.07) is 8.07. The van der Waals surface area contributed by atoms with E-state index in [4.69, 9.17) is 0 Å². The Labute approximate surface area is 156 Å². The summed E-state index contributed by atoms with van der Waals surface area (Å²) in [5.74, 6) is -0.0543. The Morgan fingerprint density at radius 1 is 1.36 bits per heavy atom. The van der Waals surface area contributed by atoms with Crippen molar-refractivity contribution < 1.29 is 4.79 Å². The topological polar surface area (TPSA) is 81.0 Å². The number of imidazole rings is 1. The summed E-state index contributed by atoms with van der Waals surface area (Å²) in [6.45, 7) is 1.29. The number of nitrogens with zero attached hydrogens (tertiary/aromatic N) is 1. The van der Waals surface area contributed by atoms with Gasteiger partial charge >= 0.3 is 5.69 Å². The van der Waals surface area contributed by atoms with Crippen molar-refractivity contribution in [2.45, 2.75) is 18.9 Å². The van der Waals surface area contributed by atoms with Gasteiger partial charge in [0, 0.05) is 15.4 Å². The second-order valence-electron chi connectivity index (χ2n) is 6.15. The SMILES string of the molecule is O=C(CN1CCCC1c1cccs1)Nc1cc2[nH]c(=O)[nH]c2cc1Br. The second kappa shape index (κ2) is 6.78. The number of nitrogens with one attached hydrogen (secondary N) is 3. The summed E-state index contributed by atoms with van der Waals surface area (Å²) < 4.78 is 0.736. The molecule has 8 heteroatoms. The number of amides is 1. The summed E-state index contributed by atoms with van der Waals surface area (Å²) in [7, 11) is 0. The first-order valence-electron chi connectivity index (χ1n) is 8.09. The van der Waals surface area contributed by atoms with Gasteiger partial charge in [-0.2, -0.15) is 0 Å². The summed E-state index contributed by atoms with van der Waals surface area (Å²) in [4.78, 5) is 32.9. The van der Waals surface area contributed by atoms with E-state index in [0.29, 0.717) is 29.3 Å². The van der Waals surface area contributed by atoms with Crippen molar-refractivity contribution in [3.05, 3.63) is 49.5 Å². The van der Waals surface area contributed by atoms with E-state index in [1.54, 1.807) is 23.5 Å². The third-order valence-electron chi connectivity index (χ3n) is 4.46. The molecule has 3 N–H and O–H groups in total. The van der Waals surface area contributed by atoms with Gasteiger partial charge in [-0.3, -0.25) is 9.69 Å². The monoisotopic (exact) mass is 420 g/mol. The maximum atomic E-state index is 12.5. The summed E-state index contributed by atoms with van der Waals surface area (Å²) in [5, 5.41) is 5.02. The van der Waals surface area contributed by atoms with Gasteiger partial charge in [0.05, 0.1) is 23.3 Å². The fourth-order valence-corrected chi connectivity index (χ4v) is 4.68. The molecule has 1 aliphatic heterocycles. The molecule has 1 aromatic carbocycles. The van der Waals surface area contributed by atoms with E-state index in [1.807, 2.05) is 0 Å². The zero-order chi connectivity index (χ0) is 17.4. The van der Waals surface area contributed by atoms with E-state index in [9.17, 15) is 9.59 Å². The molecule has 0 spiro atoms. The molecule has 25 heavy (non-hydrogen) atoms. The molecule has 2 aromatic heterocycles. The van der Waals surface area contributed by atoms with Crippen LogP contribution in [0.25, 0.3) is 11.0 Å². The van der Waals surface area contributed by atoms with Crippen molar-refractivity contribution >= 4 is 49.9 Å². The largest absolute Gasteiger partial charge is 0.324 e. The van der Waals surface area contributed by atoms with Crippen LogP contribution in [0.4, 0.5) is 5.69 Å². The minimum atomic E-state index is -0.263. The molecule has 1 unspecified atom stereocenters. The lowest BCUT2D eigenvalue weighted by Crippen LogP contribution is -2.32. The number of thiophene rings is 1. The van der Waals surface area contributed by atoms with Gasteiger partial charge in [0.25, 0.3) is 0 Å². The van der Waals surface area contributed by atoms with E-state index < -0.39 is 0 Å². The molecule has 1 atom stereocenters. The smallest absolute Gasteiger partial charge is 0.323 e. The predicted molar refractivity (Wildman–Crippen MR) is 103 cm³/mol. The second-order valence-corrected chi connectivity index (χ2v) is 7.98. The third kappa shape index (κ3) is 3.42. The summed E-state index contributed by atoms with van der Waals surface area (Å²) in [6.07, 6.45) is 2.20. The Balaban J connectivity index is 1.48. The fourth-order valence-electron chi connectivity index (χ4n) is 3.34. The van der Waals surface area contributed by atoms with Crippen LogP contribution in [-0.4, -0.2) is 33.9 Å². The van der Waals surface area contributed by atoms with E-state index in [1.165, 1.54) is 4.88 Å². The van der Waals surface area contributed by atoms with Crippen LogP contribution in [0.5, 0.6) is 0 Å². The molecule has 3 aromatic rings. The number of anilines is 1. The number of halogens is 1. The van der Waals surface area contributed by atoms with Crippen LogP contribution in [0.2, 0.25) is 0 Å². The average molecular weight is 421 g/mol. The fraction of sp³-hybridized carbons (Fsp3) is 0.294. The van der Waals surface area contributed by atoms with Gasteiger partial charge in [-0.1, -0.05) is 6.07 Å². The zero-order valence-electron chi connectivity index (χ0n) is 13.3. The van der Waals surface area contributed by atoms with Crippen LogP contribution in [0.1, 0.15) is 23.8 Å². The van der Waals surface area contributed by atoms with Gasteiger partial charge in [-0.25, -0.2) is 4.79 Å². The maximum Gasteiger partial charge on any atom is 0.323 e. The minimum Gasteiger partial charge on any atom is -0.324 e. The van der Waals surface area contributed by atoms with E-state index in [2.05, 4.69) is 53.6 Å². The quantitative estimate of drug-likeness (QED) is 0.604. The van der Waals surface area contributed by atoms with Crippen LogP contribution in [0.15, 0.2) is 38.9 Å². The molecule has 0 bridgehead atoms. The molecule has 130 valence electrons. The standard InChI is InChI=1S/C17H17BrN4O2S/c18-10-7-12-13(21-17(24)20-12)8-11(10)19-16(23)9-22-5-1-3-14(22)15-4-2-6-25-15/h2,4,6-8,14H,1,3,5,9H2,(H,19,23)(H2,20,21,24). The zero-order valence-corrected chi connectivity index (χ0v) is 15.7. The first-order valence-corrected chi connectivity index (χ1v) is 9.76. The number of likely N-dealkylation sites (tertiary alicyclic amines) is 1. The Bertz CT molecular complexity index is 963. The Kier molecular flexibility index (Phi) is 4.49. The molecule has 1 saturated heterocycles. The lowest BCUT2D eigenvalue weighted by atomic mass is 10.2. The molecule has 1 aliphatic rings. The van der Waals surface area contributed by atoms with Crippen LogP contribution >= 0.6 is 27.3 Å². The van der Waals surface area contributed by atoms with Crippen molar-refractivity contribution in [3.63, 3.8) is 0 Å². The number of hydrogen-bond acceptors (Lipinski definition) is 4. The molecule has 1 amide bonds. The lowest BCUT2D eigenvalue weighted by Gasteiger charge is -2.23. The number of fused-ring (bicyclic) bond motifs is 1. The third-order valence-corrected chi connectivity index (χ3v) is 6.09. The number of rotatable bonds is 4.